The zero-order chi connectivity index (χ0) is 21.8. The summed E-state index contributed by atoms with van der Waals surface area (Å²) >= 11 is 0. The van der Waals surface area contributed by atoms with E-state index in [0.717, 1.165) is 57.3 Å². The zero-order valence-electron chi connectivity index (χ0n) is 18.9. The Labute approximate surface area is 203 Å². The minimum Gasteiger partial charge on any atom is -0.379 e. The molecule has 1 atom stereocenters. The average Bonchev–Trinajstić information content (AvgIpc) is 3.18. The molecule has 0 aliphatic carbocycles. The third-order valence-corrected chi connectivity index (χ3v) is 7.23. The molecule has 3 rings (SSSR count). The molecule has 31 heavy (non-hydrogen) atoms. The third-order valence-electron chi connectivity index (χ3n) is 5.38. The van der Waals surface area contributed by atoms with E-state index < -0.39 is 15.6 Å². The first-order valence-electron chi connectivity index (χ1n) is 10.6. The van der Waals surface area contributed by atoms with E-state index in [9.17, 15) is 8.42 Å². The van der Waals surface area contributed by atoms with Gasteiger partial charge in [0.1, 0.15) is 0 Å². The van der Waals surface area contributed by atoms with Crippen molar-refractivity contribution in [3.05, 3.63) is 29.8 Å². The quantitative estimate of drug-likeness (QED) is 0.322. The summed E-state index contributed by atoms with van der Waals surface area (Å²) in [6, 6.07) is 7.62. The van der Waals surface area contributed by atoms with Crippen LogP contribution in [0.25, 0.3) is 0 Å². The Hall–Kier alpha value is -0.950. The lowest BCUT2D eigenvalue weighted by Gasteiger charge is -2.32. The third kappa shape index (κ3) is 7.28. The Morgan fingerprint density at radius 1 is 1.19 bits per heavy atom. The lowest BCUT2D eigenvalue weighted by molar-refractivity contribution is 0.0195. The molecular weight excluding hydrogens is 529 g/mol. The number of aliphatic imine (C=N–C) groups is 1. The van der Waals surface area contributed by atoms with Gasteiger partial charge in [-0.15, -0.1) is 24.0 Å². The topological polar surface area (TPSA) is 86.3 Å². The maximum absolute atomic E-state index is 12.9. The Kier molecular flexibility index (Phi) is 9.56. The molecule has 1 aromatic carbocycles. The first-order chi connectivity index (χ1) is 14.2. The van der Waals surface area contributed by atoms with Crippen molar-refractivity contribution in [1.82, 2.24) is 19.8 Å². The summed E-state index contributed by atoms with van der Waals surface area (Å²) in [5.41, 5.74) is 0.179. The van der Waals surface area contributed by atoms with Gasteiger partial charge in [-0.2, -0.15) is 0 Å². The number of sulfonamides is 1. The van der Waals surface area contributed by atoms with Gasteiger partial charge in [-0.05, 0) is 38.8 Å². The number of ether oxygens (including phenoxy) is 1. The number of hydrogen-bond donors (Lipinski definition) is 2. The fourth-order valence-electron chi connectivity index (χ4n) is 4.05. The summed E-state index contributed by atoms with van der Waals surface area (Å²) in [6.45, 7) is 11.3. The summed E-state index contributed by atoms with van der Waals surface area (Å²) in [5.74, 6) is 0.807. The molecule has 176 valence electrons. The molecule has 2 fully saturated rings. The van der Waals surface area contributed by atoms with E-state index >= 15 is 0 Å². The van der Waals surface area contributed by atoms with Crippen molar-refractivity contribution < 1.29 is 13.2 Å². The number of likely N-dealkylation sites (tertiary alicyclic amines) is 1. The molecule has 2 heterocycles. The van der Waals surface area contributed by atoms with Crippen molar-refractivity contribution >= 4 is 40.0 Å². The van der Waals surface area contributed by atoms with Crippen LogP contribution in [-0.4, -0.2) is 82.2 Å². The van der Waals surface area contributed by atoms with Gasteiger partial charge in [0.15, 0.2) is 5.96 Å². The average molecular weight is 566 g/mol. The van der Waals surface area contributed by atoms with Crippen molar-refractivity contribution in [3.8, 4) is 0 Å². The van der Waals surface area contributed by atoms with Crippen molar-refractivity contribution in [2.24, 2.45) is 4.99 Å². The van der Waals surface area contributed by atoms with Crippen molar-refractivity contribution in [2.75, 3.05) is 46.4 Å². The number of hydrogen-bond acceptors (Lipinski definition) is 5. The van der Waals surface area contributed by atoms with E-state index in [1.54, 1.807) is 19.2 Å². The summed E-state index contributed by atoms with van der Waals surface area (Å²) < 4.78 is 33.9. The van der Waals surface area contributed by atoms with E-state index in [-0.39, 0.29) is 24.0 Å². The lowest BCUT2D eigenvalue weighted by Crippen LogP contribution is -2.46. The van der Waals surface area contributed by atoms with Gasteiger partial charge in [-0.3, -0.25) is 9.89 Å². The van der Waals surface area contributed by atoms with Gasteiger partial charge in [0.25, 0.3) is 0 Å². The molecule has 1 aromatic rings. The summed E-state index contributed by atoms with van der Waals surface area (Å²) in [5, 5.41) is 3.37. The predicted molar refractivity (Wildman–Crippen MR) is 135 cm³/mol. The second-order valence-electron chi connectivity index (χ2n) is 8.90. The van der Waals surface area contributed by atoms with E-state index in [0.29, 0.717) is 17.5 Å². The minimum atomic E-state index is -3.61. The number of nitrogens with zero attached hydrogens (tertiary/aromatic N) is 3. The zero-order valence-corrected chi connectivity index (χ0v) is 22.1. The number of nitrogens with one attached hydrogen (secondary N) is 2. The standard InChI is InChI=1S/C21H35N5O3S.HI/c1-21(2,3)24-30(27,28)19-8-6-5-7-17(19)15-23-20(22-4)26-10-9-18(16-26)25-11-13-29-14-12-25;/h5-8,18,24H,9-16H2,1-4H3,(H,22,23);1H. The molecule has 2 saturated heterocycles. The summed E-state index contributed by atoms with van der Waals surface area (Å²) in [7, 11) is -1.84. The summed E-state index contributed by atoms with van der Waals surface area (Å²) in [6.07, 6.45) is 1.10. The Balaban J connectivity index is 0.00000341. The molecule has 1 unspecified atom stereocenters. The highest BCUT2D eigenvalue weighted by atomic mass is 127. The number of halogens is 1. The van der Waals surface area contributed by atoms with Crippen LogP contribution in [0.3, 0.4) is 0 Å². The first-order valence-corrected chi connectivity index (χ1v) is 12.1. The monoisotopic (exact) mass is 565 g/mol. The highest BCUT2D eigenvalue weighted by molar-refractivity contribution is 14.0. The molecule has 10 heteroatoms. The van der Waals surface area contributed by atoms with Gasteiger partial charge in [0, 0.05) is 51.4 Å². The van der Waals surface area contributed by atoms with E-state index in [1.165, 1.54) is 0 Å². The largest absolute Gasteiger partial charge is 0.379 e. The molecular formula is C21H36IN5O3S. The van der Waals surface area contributed by atoms with Gasteiger partial charge in [0.2, 0.25) is 10.0 Å². The van der Waals surface area contributed by atoms with Crippen molar-refractivity contribution in [2.45, 2.75) is 50.2 Å². The SMILES string of the molecule is CN=C(NCc1ccccc1S(=O)(=O)NC(C)(C)C)N1CCC(N2CCOCC2)C1.I. The van der Waals surface area contributed by atoms with Crippen molar-refractivity contribution in [3.63, 3.8) is 0 Å². The second kappa shape index (κ2) is 11.3. The Morgan fingerprint density at radius 2 is 1.87 bits per heavy atom. The number of morpholine rings is 1. The Bertz CT molecular complexity index is 851. The molecule has 8 nitrogen and oxygen atoms in total. The van der Waals surface area contributed by atoms with Gasteiger partial charge < -0.3 is 15.0 Å². The van der Waals surface area contributed by atoms with Gasteiger partial charge in [-0.1, -0.05) is 18.2 Å². The summed E-state index contributed by atoms with van der Waals surface area (Å²) in [4.78, 5) is 9.49. The normalized spacial score (nSPS) is 21.1. The van der Waals surface area contributed by atoms with E-state index in [2.05, 4.69) is 24.8 Å². The van der Waals surface area contributed by atoms with Crippen LogP contribution >= 0.6 is 24.0 Å². The van der Waals surface area contributed by atoms with Crippen LogP contribution in [0.5, 0.6) is 0 Å². The number of benzene rings is 1. The Morgan fingerprint density at radius 3 is 2.52 bits per heavy atom. The van der Waals surface area contributed by atoms with Gasteiger partial charge >= 0.3 is 0 Å². The minimum absolute atomic E-state index is 0. The van der Waals surface area contributed by atoms with Crippen LogP contribution in [0.1, 0.15) is 32.8 Å². The van der Waals surface area contributed by atoms with Crippen LogP contribution in [0, 0.1) is 0 Å². The smallest absolute Gasteiger partial charge is 0.241 e. The molecule has 0 aromatic heterocycles. The second-order valence-corrected chi connectivity index (χ2v) is 10.6. The maximum atomic E-state index is 12.9. The van der Waals surface area contributed by atoms with Crippen LogP contribution in [0.4, 0.5) is 0 Å². The fraction of sp³-hybridized carbons (Fsp3) is 0.667. The predicted octanol–water partition coefficient (Wildman–Crippen LogP) is 1.86. The highest BCUT2D eigenvalue weighted by Gasteiger charge is 2.30. The molecule has 0 spiro atoms. The number of rotatable bonds is 5. The van der Waals surface area contributed by atoms with Crippen LogP contribution < -0.4 is 10.0 Å². The lowest BCUT2D eigenvalue weighted by atomic mass is 10.1. The molecule has 0 bridgehead atoms. The first kappa shape index (κ1) is 26.3. The van der Waals surface area contributed by atoms with Gasteiger partial charge in [0.05, 0.1) is 18.1 Å². The van der Waals surface area contributed by atoms with E-state index in [1.807, 2.05) is 32.9 Å². The molecule has 0 radical (unpaired) electrons. The van der Waals surface area contributed by atoms with Crippen LogP contribution in [0.15, 0.2) is 34.2 Å². The molecule has 2 N–H and O–H groups in total. The maximum Gasteiger partial charge on any atom is 0.241 e. The highest BCUT2D eigenvalue weighted by Crippen LogP contribution is 2.19. The van der Waals surface area contributed by atoms with Crippen molar-refractivity contribution in [1.29, 1.82) is 0 Å². The molecule has 2 aliphatic rings. The van der Waals surface area contributed by atoms with Crippen LogP contribution in [0.2, 0.25) is 0 Å². The molecule has 0 saturated carbocycles. The van der Waals surface area contributed by atoms with Gasteiger partial charge in [-0.25, -0.2) is 13.1 Å². The number of guanidine groups is 1. The molecule has 2 aliphatic heterocycles. The fourth-order valence-corrected chi connectivity index (χ4v) is 5.71. The van der Waals surface area contributed by atoms with E-state index in [4.69, 9.17) is 4.74 Å². The van der Waals surface area contributed by atoms with Crippen LogP contribution in [-0.2, 0) is 21.3 Å². The molecule has 0 amide bonds.